The number of rotatable bonds is 5. The van der Waals surface area contributed by atoms with Crippen LogP contribution < -0.4 is 5.73 Å². The molecular formula is C15H24FN3. The van der Waals surface area contributed by atoms with Gasteiger partial charge in [-0.3, -0.25) is 0 Å². The Labute approximate surface area is 115 Å². The van der Waals surface area contributed by atoms with Crippen molar-refractivity contribution in [2.75, 3.05) is 33.7 Å². The van der Waals surface area contributed by atoms with Gasteiger partial charge in [0, 0.05) is 37.3 Å². The van der Waals surface area contributed by atoms with E-state index in [0.29, 0.717) is 18.0 Å². The van der Waals surface area contributed by atoms with Crippen molar-refractivity contribution in [2.45, 2.75) is 19.5 Å². The lowest BCUT2D eigenvalue weighted by Gasteiger charge is -2.21. The molecule has 2 N–H and O–H groups in total. The summed E-state index contributed by atoms with van der Waals surface area (Å²) in [7, 11) is 4.22. The normalized spacial score (nSPS) is 20.4. The molecule has 3 nitrogen and oxygen atoms in total. The van der Waals surface area contributed by atoms with Crippen LogP contribution in [0.2, 0.25) is 0 Å². The first kappa shape index (κ1) is 14.4. The maximum Gasteiger partial charge on any atom is 0.132 e. The lowest BCUT2D eigenvalue weighted by molar-refractivity contribution is 0.264. The molecule has 1 fully saturated rings. The van der Waals surface area contributed by atoms with Crippen LogP contribution in [-0.4, -0.2) is 43.5 Å². The van der Waals surface area contributed by atoms with Gasteiger partial charge in [0.2, 0.25) is 0 Å². The fraction of sp³-hybridized carbons (Fsp3) is 0.600. The molecule has 0 aromatic heterocycles. The van der Waals surface area contributed by atoms with Gasteiger partial charge in [-0.2, -0.15) is 0 Å². The Bertz CT molecular complexity index is 422. The standard InChI is InChI=1S/C15H24FN3/c1-18-7-6-12(9-18)10-19(2)11-14-5-3-4-13(8-17)15(14)16/h3-5,12H,6-11,17H2,1-2H3. The summed E-state index contributed by atoms with van der Waals surface area (Å²) in [6.07, 6.45) is 1.24. The van der Waals surface area contributed by atoms with E-state index >= 15 is 0 Å². The number of hydrogen-bond donors (Lipinski definition) is 1. The first-order valence-electron chi connectivity index (χ1n) is 6.93. The van der Waals surface area contributed by atoms with Crippen LogP contribution >= 0.6 is 0 Å². The van der Waals surface area contributed by atoms with E-state index < -0.39 is 0 Å². The molecule has 19 heavy (non-hydrogen) atoms. The van der Waals surface area contributed by atoms with Gasteiger partial charge in [0.25, 0.3) is 0 Å². The second-order valence-electron chi connectivity index (χ2n) is 5.71. The first-order chi connectivity index (χ1) is 9.10. The van der Waals surface area contributed by atoms with E-state index in [0.717, 1.165) is 18.7 Å². The molecule has 4 heteroatoms. The molecule has 0 bridgehead atoms. The number of halogens is 1. The molecule has 0 radical (unpaired) electrons. The van der Waals surface area contributed by atoms with Gasteiger partial charge in [0.05, 0.1) is 0 Å². The Morgan fingerprint density at radius 2 is 2.16 bits per heavy atom. The Balaban J connectivity index is 1.93. The van der Waals surface area contributed by atoms with Crippen molar-refractivity contribution in [3.8, 4) is 0 Å². The summed E-state index contributed by atoms with van der Waals surface area (Å²) in [6.45, 7) is 4.26. The highest BCUT2D eigenvalue weighted by atomic mass is 19.1. The third-order valence-corrected chi connectivity index (χ3v) is 3.88. The van der Waals surface area contributed by atoms with Crippen molar-refractivity contribution in [1.29, 1.82) is 0 Å². The summed E-state index contributed by atoms with van der Waals surface area (Å²) in [5.41, 5.74) is 6.89. The lowest BCUT2D eigenvalue weighted by atomic mass is 10.1. The molecule has 0 amide bonds. The molecule has 1 saturated heterocycles. The summed E-state index contributed by atoms with van der Waals surface area (Å²) >= 11 is 0. The van der Waals surface area contributed by atoms with Crippen LogP contribution in [-0.2, 0) is 13.1 Å². The summed E-state index contributed by atoms with van der Waals surface area (Å²) in [5, 5.41) is 0. The van der Waals surface area contributed by atoms with E-state index in [-0.39, 0.29) is 12.4 Å². The minimum absolute atomic E-state index is 0.139. The average Bonchev–Trinajstić information content (AvgIpc) is 2.77. The molecule has 1 atom stereocenters. The minimum Gasteiger partial charge on any atom is -0.326 e. The molecule has 1 heterocycles. The van der Waals surface area contributed by atoms with Gasteiger partial charge in [-0.15, -0.1) is 0 Å². The van der Waals surface area contributed by atoms with Gasteiger partial charge >= 0.3 is 0 Å². The lowest BCUT2D eigenvalue weighted by Crippen LogP contribution is -2.27. The van der Waals surface area contributed by atoms with E-state index in [1.807, 2.05) is 12.1 Å². The highest BCUT2D eigenvalue weighted by Gasteiger charge is 2.21. The molecular weight excluding hydrogens is 241 g/mol. The Kier molecular flexibility index (Phi) is 4.91. The predicted octanol–water partition coefficient (Wildman–Crippen LogP) is 1.67. The molecule has 0 spiro atoms. The van der Waals surface area contributed by atoms with Crippen molar-refractivity contribution in [2.24, 2.45) is 11.7 Å². The third-order valence-electron chi connectivity index (χ3n) is 3.88. The zero-order valence-corrected chi connectivity index (χ0v) is 11.9. The molecule has 1 aromatic carbocycles. The molecule has 1 aromatic rings. The highest BCUT2D eigenvalue weighted by Crippen LogP contribution is 2.18. The van der Waals surface area contributed by atoms with Crippen molar-refractivity contribution in [3.63, 3.8) is 0 Å². The van der Waals surface area contributed by atoms with Crippen molar-refractivity contribution < 1.29 is 4.39 Å². The molecule has 106 valence electrons. The second-order valence-corrected chi connectivity index (χ2v) is 5.71. The van der Waals surface area contributed by atoms with Gasteiger partial charge in [0.15, 0.2) is 0 Å². The zero-order valence-electron chi connectivity index (χ0n) is 11.9. The van der Waals surface area contributed by atoms with E-state index in [4.69, 9.17) is 5.73 Å². The van der Waals surface area contributed by atoms with Gasteiger partial charge in [-0.25, -0.2) is 4.39 Å². The number of benzene rings is 1. The molecule has 0 saturated carbocycles. The third kappa shape index (κ3) is 3.75. The maximum absolute atomic E-state index is 14.1. The smallest absolute Gasteiger partial charge is 0.132 e. The molecule has 2 rings (SSSR count). The van der Waals surface area contributed by atoms with Crippen LogP contribution in [0.4, 0.5) is 4.39 Å². The quantitative estimate of drug-likeness (QED) is 0.879. The van der Waals surface area contributed by atoms with Gasteiger partial charge in [0.1, 0.15) is 5.82 Å². The second kappa shape index (κ2) is 6.46. The van der Waals surface area contributed by atoms with Crippen LogP contribution in [0.3, 0.4) is 0 Å². The Morgan fingerprint density at radius 3 is 2.79 bits per heavy atom. The first-order valence-corrected chi connectivity index (χ1v) is 6.93. The van der Waals surface area contributed by atoms with Gasteiger partial charge < -0.3 is 15.5 Å². The van der Waals surface area contributed by atoms with E-state index in [1.54, 1.807) is 6.07 Å². The van der Waals surface area contributed by atoms with Crippen LogP contribution in [0, 0.1) is 11.7 Å². The fourth-order valence-electron chi connectivity index (χ4n) is 2.88. The highest BCUT2D eigenvalue weighted by molar-refractivity contribution is 5.25. The Morgan fingerprint density at radius 1 is 1.42 bits per heavy atom. The monoisotopic (exact) mass is 265 g/mol. The molecule has 1 aliphatic heterocycles. The van der Waals surface area contributed by atoms with Crippen LogP contribution in [0.1, 0.15) is 17.5 Å². The summed E-state index contributed by atoms with van der Waals surface area (Å²) < 4.78 is 14.1. The minimum atomic E-state index is -0.139. The van der Waals surface area contributed by atoms with Crippen LogP contribution in [0.25, 0.3) is 0 Å². The van der Waals surface area contributed by atoms with Crippen molar-refractivity contribution >= 4 is 0 Å². The fourth-order valence-corrected chi connectivity index (χ4v) is 2.88. The summed E-state index contributed by atoms with van der Waals surface area (Å²) in [4.78, 5) is 4.57. The number of likely N-dealkylation sites (tertiary alicyclic amines) is 1. The van der Waals surface area contributed by atoms with Gasteiger partial charge in [-0.1, -0.05) is 18.2 Å². The summed E-state index contributed by atoms with van der Waals surface area (Å²) in [6, 6.07) is 5.49. The van der Waals surface area contributed by atoms with Crippen molar-refractivity contribution in [3.05, 3.63) is 35.1 Å². The number of nitrogens with zero attached hydrogens (tertiary/aromatic N) is 2. The van der Waals surface area contributed by atoms with E-state index in [9.17, 15) is 4.39 Å². The van der Waals surface area contributed by atoms with E-state index in [1.165, 1.54) is 13.0 Å². The summed E-state index contributed by atoms with van der Waals surface area (Å²) in [5.74, 6) is 0.566. The Hall–Kier alpha value is -0.970. The van der Waals surface area contributed by atoms with Crippen LogP contribution in [0.5, 0.6) is 0 Å². The molecule has 1 aliphatic rings. The number of nitrogens with two attached hydrogens (primary N) is 1. The van der Waals surface area contributed by atoms with E-state index in [2.05, 4.69) is 23.9 Å². The molecule has 1 unspecified atom stereocenters. The topological polar surface area (TPSA) is 32.5 Å². The SMILES string of the molecule is CN1CCC(CN(C)Cc2cccc(CN)c2F)C1. The van der Waals surface area contributed by atoms with Gasteiger partial charge in [-0.05, 0) is 33.0 Å². The zero-order chi connectivity index (χ0) is 13.8. The maximum atomic E-state index is 14.1. The average molecular weight is 265 g/mol. The largest absolute Gasteiger partial charge is 0.326 e. The van der Waals surface area contributed by atoms with Crippen molar-refractivity contribution in [1.82, 2.24) is 9.80 Å². The predicted molar refractivity (Wildman–Crippen MR) is 76.2 cm³/mol. The number of hydrogen-bond acceptors (Lipinski definition) is 3. The molecule has 0 aliphatic carbocycles. The van der Waals surface area contributed by atoms with Crippen LogP contribution in [0.15, 0.2) is 18.2 Å².